The summed E-state index contributed by atoms with van der Waals surface area (Å²) in [5.74, 6) is 0.0157. The fourth-order valence-electron chi connectivity index (χ4n) is 3.23. The molecule has 2 aromatic rings. The third kappa shape index (κ3) is 4.37. The number of likely N-dealkylation sites (tertiary alicyclic amines) is 1. The van der Waals surface area contributed by atoms with Crippen molar-refractivity contribution in [1.82, 2.24) is 14.7 Å². The molecule has 9 heteroatoms. The Morgan fingerprint density at radius 1 is 1.19 bits per heavy atom. The largest absolute Gasteiger partial charge is 0.435 e. The number of rotatable bonds is 4. The molecule has 1 aliphatic heterocycles. The molecule has 1 aromatic heterocycles. The van der Waals surface area contributed by atoms with E-state index in [0.717, 1.165) is 16.3 Å². The first-order valence-corrected chi connectivity index (χ1v) is 8.02. The van der Waals surface area contributed by atoms with Crippen LogP contribution in [0.5, 0.6) is 0 Å². The first-order chi connectivity index (χ1) is 11.9. The van der Waals surface area contributed by atoms with Crippen LogP contribution in [0.2, 0.25) is 0 Å². The summed E-state index contributed by atoms with van der Waals surface area (Å²) in [6, 6.07) is 10.7. The Balaban J connectivity index is 0.00000243. The van der Waals surface area contributed by atoms with Gasteiger partial charge in [0, 0.05) is 25.2 Å². The lowest BCUT2D eigenvalue weighted by Gasteiger charge is -2.17. The predicted molar refractivity (Wildman–Crippen MR) is 92.8 cm³/mol. The number of nitrogens with zero attached hydrogens (tertiary/aromatic N) is 3. The zero-order valence-corrected chi connectivity index (χ0v) is 14.7. The normalized spacial score (nSPS) is 20.1. The number of benzene rings is 1. The molecule has 3 rings (SSSR count). The van der Waals surface area contributed by atoms with Gasteiger partial charge in [0.1, 0.15) is 6.54 Å². The quantitative estimate of drug-likeness (QED) is 0.875. The molecule has 1 aliphatic rings. The van der Waals surface area contributed by atoms with E-state index in [1.165, 1.54) is 6.20 Å². The maximum atomic E-state index is 12.6. The number of carbonyl (C=O) groups is 1. The molecule has 0 radical (unpaired) electrons. The summed E-state index contributed by atoms with van der Waals surface area (Å²) >= 11 is 0. The summed E-state index contributed by atoms with van der Waals surface area (Å²) in [5, 5.41) is 3.43. The molecule has 5 nitrogen and oxygen atoms in total. The van der Waals surface area contributed by atoms with Gasteiger partial charge in [0.25, 0.3) is 0 Å². The lowest BCUT2D eigenvalue weighted by Crippen LogP contribution is -2.33. The van der Waals surface area contributed by atoms with E-state index >= 15 is 0 Å². The highest BCUT2D eigenvalue weighted by Gasteiger charge is 2.36. The molecular formula is C17H20ClF3N4O. The van der Waals surface area contributed by atoms with E-state index in [1.54, 1.807) is 4.90 Å². The molecule has 0 unspecified atom stereocenters. The number of halogens is 4. The number of alkyl halides is 3. The summed E-state index contributed by atoms with van der Waals surface area (Å²) in [5.41, 5.74) is 5.97. The first kappa shape index (κ1) is 20.3. The van der Waals surface area contributed by atoms with Crippen molar-refractivity contribution in [3.8, 4) is 0 Å². The number of aromatic nitrogens is 2. The van der Waals surface area contributed by atoms with Gasteiger partial charge in [0.2, 0.25) is 5.91 Å². The fourth-order valence-corrected chi connectivity index (χ4v) is 3.23. The second-order valence-corrected chi connectivity index (χ2v) is 6.21. The van der Waals surface area contributed by atoms with Crippen molar-refractivity contribution in [3.05, 3.63) is 53.9 Å². The van der Waals surface area contributed by atoms with Crippen molar-refractivity contribution in [3.63, 3.8) is 0 Å². The molecule has 2 N–H and O–H groups in total. The van der Waals surface area contributed by atoms with Crippen LogP contribution in [0.1, 0.15) is 17.2 Å². The van der Waals surface area contributed by atoms with Gasteiger partial charge in [-0.05, 0) is 24.1 Å². The van der Waals surface area contributed by atoms with Crippen LogP contribution in [0.3, 0.4) is 0 Å². The summed E-state index contributed by atoms with van der Waals surface area (Å²) < 4.78 is 38.8. The maximum Gasteiger partial charge on any atom is 0.435 e. The Bertz CT molecular complexity index is 735. The number of hydrogen-bond donors (Lipinski definition) is 1. The highest BCUT2D eigenvalue weighted by molar-refractivity contribution is 5.85. The Morgan fingerprint density at radius 2 is 1.88 bits per heavy atom. The second kappa shape index (κ2) is 8.09. The van der Waals surface area contributed by atoms with Gasteiger partial charge in [-0.1, -0.05) is 30.3 Å². The number of carbonyl (C=O) groups excluding carboxylic acids is 1. The summed E-state index contributed by atoms with van der Waals surface area (Å²) in [6.45, 7) is 1.25. The molecule has 0 saturated carbocycles. The van der Waals surface area contributed by atoms with Crippen LogP contribution < -0.4 is 5.73 Å². The van der Waals surface area contributed by atoms with Crippen LogP contribution in [-0.2, 0) is 17.5 Å². The highest BCUT2D eigenvalue weighted by atomic mass is 35.5. The summed E-state index contributed by atoms with van der Waals surface area (Å²) in [7, 11) is 0. The van der Waals surface area contributed by atoms with E-state index in [-0.39, 0.29) is 36.7 Å². The lowest BCUT2D eigenvalue weighted by molar-refractivity contribution is -0.142. The zero-order valence-electron chi connectivity index (χ0n) is 13.9. The van der Waals surface area contributed by atoms with E-state index in [1.807, 2.05) is 30.3 Å². The molecule has 1 fully saturated rings. The molecule has 1 saturated heterocycles. The average molecular weight is 389 g/mol. The van der Waals surface area contributed by atoms with Gasteiger partial charge in [-0.25, -0.2) is 0 Å². The molecule has 2 heterocycles. The predicted octanol–water partition coefficient (Wildman–Crippen LogP) is 2.52. The topological polar surface area (TPSA) is 64.2 Å². The van der Waals surface area contributed by atoms with Crippen LogP contribution in [-0.4, -0.2) is 40.2 Å². The van der Waals surface area contributed by atoms with E-state index in [2.05, 4.69) is 5.10 Å². The van der Waals surface area contributed by atoms with Crippen molar-refractivity contribution < 1.29 is 18.0 Å². The van der Waals surface area contributed by atoms with Crippen LogP contribution in [0.15, 0.2) is 42.6 Å². The minimum absolute atomic E-state index is 0. The number of nitrogens with two attached hydrogens (primary N) is 1. The summed E-state index contributed by atoms with van der Waals surface area (Å²) in [6.07, 6.45) is -3.34. The SMILES string of the molecule is Cl.NC[C@@H]1CN(C(=O)Cn2ccc(C(F)(F)F)n2)C[C@H]1c1ccccc1. The van der Waals surface area contributed by atoms with Crippen LogP contribution in [0, 0.1) is 5.92 Å². The van der Waals surface area contributed by atoms with E-state index in [0.29, 0.717) is 19.6 Å². The van der Waals surface area contributed by atoms with Gasteiger partial charge in [-0.2, -0.15) is 18.3 Å². The molecule has 142 valence electrons. The Hall–Kier alpha value is -2.06. The van der Waals surface area contributed by atoms with Gasteiger partial charge < -0.3 is 10.6 Å². The maximum absolute atomic E-state index is 12.6. The molecular weight excluding hydrogens is 369 g/mol. The van der Waals surface area contributed by atoms with Gasteiger partial charge in [0.05, 0.1) is 0 Å². The monoisotopic (exact) mass is 388 g/mol. The Kier molecular flexibility index (Phi) is 6.30. The second-order valence-electron chi connectivity index (χ2n) is 6.21. The molecule has 0 spiro atoms. The van der Waals surface area contributed by atoms with Crippen LogP contribution in [0.4, 0.5) is 13.2 Å². The summed E-state index contributed by atoms with van der Waals surface area (Å²) in [4.78, 5) is 14.1. The van der Waals surface area contributed by atoms with E-state index in [9.17, 15) is 18.0 Å². The average Bonchev–Trinajstić information content (AvgIpc) is 3.22. The molecule has 26 heavy (non-hydrogen) atoms. The molecule has 1 aromatic carbocycles. The fraction of sp³-hybridized carbons (Fsp3) is 0.412. The van der Waals surface area contributed by atoms with Gasteiger partial charge in [0.15, 0.2) is 5.69 Å². The van der Waals surface area contributed by atoms with Crippen molar-refractivity contribution in [2.45, 2.75) is 18.6 Å². The standard InChI is InChI=1S/C17H19F3N4O.ClH/c18-17(19,20)15-6-7-24(22-15)11-16(25)23-9-13(8-21)14(10-23)12-4-2-1-3-5-12;/h1-7,13-14H,8-11,21H2;1H/t13-,14+;/m1./s1. The number of hydrogen-bond acceptors (Lipinski definition) is 3. The van der Waals surface area contributed by atoms with Crippen molar-refractivity contribution in [2.24, 2.45) is 11.7 Å². The van der Waals surface area contributed by atoms with Crippen LogP contribution in [0.25, 0.3) is 0 Å². The Morgan fingerprint density at radius 3 is 2.46 bits per heavy atom. The van der Waals surface area contributed by atoms with Crippen LogP contribution >= 0.6 is 12.4 Å². The lowest BCUT2D eigenvalue weighted by atomic mass is 9.89. The van der Waals surface area contributed by atoms with Crippen molar-refractivity contribution in [2.75, 3.05) is 19.6 Å². The number of amides is 1. The van der Waals surface area contributed by atoms with Crippen molar-refractivity contribution >= 4 is 18.3 Å². The molecule has 0 aliphatic carbocycles. The van der Waals surface area contributed by atoms with Gasteiger partial charge in [-0.15, -0.1) is 12.4 Å². The molecule has 2 atom stereocenters. The Labute approximate surface area is 155 Å². The third-order valence-corrected chi connectivity index (χ3v) is 4.55. The smallest absolute Gasteiger partial charge is 0.340 e. The molecule has 1 amide bonds. The van der Waals surface area contributed by atoms with Crippen molar-refractivity contribution in [1.29, 1.82) is 0 Å². The minimum atomic E-state index is -4.51. The minimum Gasteiger partial charge on any atom is -0.340 e. The highest BCUT2D eigenvalue weighted by Crippen LogP contribution is 2.32. The van der Waals surface area contributed by atoms with E-state index in [4.69, 9.17) is 5.73 Å². The zero-order chi connectivity index (χ0) is 18.0. The third-order valence-electron chi connectivity index (χ3n) is 4.55. The van der Waals surface area contributed by atoms with Gasteiger partial charge in [-0.3, -0.25) is 9.48 Å². The van der Waals surface area contributed by atoms with E-state index < -0.39 is 11.9 Å². The first-order valence-electron chi connectivity index (χ1n) is 8.02. The van der Waals surface area contributed by atoms with Gasteiger partial charge >= 0.3 is 6.18 Å². The molecule has 0 bridgehead atoms.